The maximum absolute atomic E-state index is 10.8. The molecule has 5 nitrogen and oxygen atoms in total. The summed E-state index contributed by atoms with van der Waals surface area (Å²) < 4.78 is 0. The van der Waals surface area contributed by atoms with Crippen LogP contribution in [-0.4, -0.2) is 23.2 Å². The van der Waals surface area contributed by atoms with Gasteiger partial charge in [0.1, 0.15) is 0 Å². The monoisotopic (exact) mass is 258 g/mol. The van der Waals surface area contributed by atoms with Crippen molar-refractivity contribution in [3.05, 3.63) is 38.9 Å². The highest BCUT2D eigenvalue weighted by Crippen LogP contribution is 2.22. The number of aliphatic hydroxyl groups is 1. The highest BCUT2D eigenvalue weighted by Gasteiger charge is 2.13. The molecule has 0 radical (unpaired) electrons. The van der Waals surface area contributed by atoms with Crippen molar-refractivity contribution in [3.63, 3.8) is 0 Å². The Hall–Kier alpha value is -1.17. The second-order valence-electron chi connectivity index (χ2n) is 3.95. The van der Waals surface area contributed by atoms with Gasteiger partial charge in [-0.3, -0.25) is 10.1 Å². The number of nitrogens with zero attached hydrogens (tertiary/aromatic N) is 1. The third-order valence-corrected chi connectivity index (χ3v) is 2.60. The van der Waals surface area contributed by atoms with E-state index in [2.05, 4.69) is 5.32 Å². The number of nitrogens with one attached hydrogen (secondary N) is 1. The number of rotatable bonds is 6. The molecular weight excluding hydrogens is 244 g/mol. The van der Waals surface area contributed by atoms with Crippen LogP contribution >= 0.6 is 11.6 Å². The van der Waals surface area contributed by atoms with E-state index in [0.717, 1.165) is 0 Å². The van der Waals surface area contributed by atoms with E-state index in [1.54, 1.807) is 12.1 Å². The van der Waals surface area contributed by atoms with E-state index in [1.807, 2.05) is 6.92 Å². The molecule has 1 aromatic carbocycles. The minimum atomic E-state index is -0.446. The molecule has 6 heteroatoms. The molecule has 0 aliphatic rings. The van der Waals surface area contributed by atoms with Crippen molar-refractivity contribution in [2.45, 2.75) is 13.5 Å². The Balaban J connectivity index is 2.67. The third kappa shape index (κ3) is 4.30. The first-order valence-electron chi connectivity index (χ1n) is 5.29. The van der Waals surface area contributed by atoms with Crippen molar-refractivity contribution in [2.24, 2.45) is 5.92 Å². The van der Waals surface area contributed by atoms with Crippen molar-refractivity contribution in [3.8, 4) is 0 Å². The van der Waals surface area contributed by atoms with E-state index in [4.69, 9.17) is 16.7 Å². The van der Waals surface area contributed by atoms with Crippen molar-refractivity contribution in [1.82, 2.24) is 5.32 Å². The molecule has 0 bridgehead atoms. The topological polar surface area (TPSA) is 75.4 Å². The predicted octanol–water partition coefficient (Wildman–Crippen LogP) is 1.97. The molecule has 0 amide bonds. The van der Waals surface area contributed by atoms with Gasteiger partial charge in [0, 0.05) is 36.3 Å². The molecule has 0 heterocycles. The van der Waals surface area contributed by atoms with Gasteiger partial charge in [-0.2, -0.15) is 0 Å². The minimum Gasteiger partial charge on any atom is -0.396 e. The molecule has 0 spiro atoms. The lowest BCUT2D eigenvalue weighted by Crippen LogP contribution is -2.23. The van der Waals surface area contributed by atoms with Crippen molar-refractivity contribution >= 4 is 17.3 Å². The van der Waals surface area contributed by atoms with Crippen molar-refractivity contribution in [1.29, 1.82) is 0 Å². The van der Waals surface area contributed by atoms with Crippen LogP contribution in [0.1, 0.15) is 12.5 Å². The smallest absolute Gasteiger partial charge is 0.275 e. The van der Waals surface area contributed by atoms with Gasteiger partial charge in [0.05, 0.1) is 4.92 Å². The second-order valence-corrected chi connectivity index (χ2v) is 4.39. The Bertz CT molecular complexity index is 398. The van der Waals surface area contributed by atoms with Crippen LogP contribution in [0.25, 0.3) is 0 Å². The van der Waals surface area contributed by atoms with Crippen LogP contribution in [-0.2, 0) is 6.54 Å². The number of halogens is 1. The Labute approximate surface area is 105 Å². The summed E-state index contributed by atoms with van der Waals surface area (Å²) >= 11 is 5.71. The molecule has 94 valence electrons. The average molecular weight is 259 g/mol. The molecule has 17 heavy (non-hydrogen) atoms. The summed E-state index contributed by atoms with van der Waals surface area (Å²) in [7, 11) is 0. The lowest BCUT2D eigenvalue weighted by Gasteiger charge is -2.09. The van der Waals surface area contributed by atoms with Crippen LogP contribution in [0, 0.1) is 16.0 Å². The first-order chi connectivity index (χ1) is 8.04. The van der Waals surface area contributed by atoms with Gasteiger partial charge in [0.15, 0.2) is 0 Å². The van der Waals surface area contributed by atoms with Gasteiger partial charge in [-0.15, -0.1) is 0 Å². The molecular formula is C11H15ClN2O3. The van der Waals surface area contributed by atoms with Crippen LogP contribution < -0.4 is 5.32 Å². The fourth-order valence-corrected chi connectivity index (χ4v) is 1.54. The summed E-state index contributed by atoms with van der Waals surface area (Å²) in [6.07, 6.45) is 0. The van der Waals surface area contributed by atoms with Gasteiger partial charge < -0.3 is 10.4 Å². The normalized spacial score (nSPS) is 12.4. The number of aliphatic hydroxyl groups excluding tert-OH is 1. The zero-order valence-electron chi connectivity index (χ0n) is 9.52. The van der Waals surface area contributed by atoms with Gasteiger partial charge in [-0.1, -0.05) is 18.5 Å². The summed E-state index contributed by atoms with van der Waals surface area (Å²) in [5.74, 6) is 0.126. The number of hydrogen-bond donors (Lipinski definition) is 2. The van der Waals surface area contributed by atoms with Gasteiger partial charge in [0.25, 0.3) is 5.69 Å². The maximum atomic E-state index is 10.8. The fraction of sp³-hybridized carbons (Fsp3) is 0.455. The zero-order chi connectivity index (χ0) is 12.8. The van der Waals surface area contributed by atoms with E-state index < -0.39 is 4.92 Å². The van der Waals surface area contributed by atoms with Crippen LogP contribution in [0.4, 0.5) is 5.69 Å². The second kappa shape index (κ2) is 6.54. The highest BCUT2D eigenvalue weighted by atomic mass is 35.5. The van der Waals surface area contributed by atoms with Crippen LogP contribution in [0.5, 0.6) is 0 Å². The lowest BCUT2D eigenvalue weighted by atomic mass is 10.1. The number of nitro groups is 1. The molecule has 1 rings (SSSR count). The number of hydrogen-bond acceptors (Lipinski definition) is 4. The Morgan fingerprint density at radius 2 is 2.29 bits per heavy atom. The maximum Gasteiger partial charge on any atom is 0.275 e. The van der Waals surface area contributed by atoms with Gasteiger partial charge in [-0.25, -0.2) is 0 Å². The van der Waals surface area contributed by atoms with E-state index in [9.17, 15) is 10.1 Å². The molecule has 1 aromatic rings. The quantitative estimate of drug-likeness (QED) is 0.604. The molecule has 0 aromatic heterocycles. The third-order valence-electron chi connectivity index (χ3n) is 2.36. The highest BCUT2D eigenvalue weighted by molar-refractivity contribution is 6.30. The SMILES string of the molecule is CC(CO)CNCc1ccc(Cl)cc1[N+](=O)[O-]. The average Bonchev–Trinajstić information content (AvgIpc) is 2.30. The lowest BCUT2D eigenvalue weighted by molar-refractivity contribution is -0.385. The molecule has 0 fully saturated rings. The van der Waals surface area contributed by atoms with Crippen molar-refractivity contribution < 1.29 is 10.0 Å². The molecule has 0 aliphatic heterocycles. The summed E-state index contributed by atoms with van der Waals surface area (Å²) in [5.41, 5.74) is 0.603. The van der Waals surface area contributed by atoms with Gasteiger partial charge in [-0.05, 0) is 18.1 Å². The van der Waals surface area contributed by atoms with Crippen LogP contribution in [0.15, 0.2) is 18.2 Å². The zero-order valence-corrected chi connectivity index (χ0v) is 10.3. The van der Waals surface area contributed by atoms with Gasteiger partial charge in [0.2, 0.25) is 0 Å². The summed E-state index contributed by atoms with van der Waals surface area (Å²) in [5, 5.41) is 23.1. The molecule has 0 saturated carbocycles. The first kappa shape index (κ1) is 13.9. The van der Waals surface area contributed by atoms with Crippen LogP contribution in [0.3, 0.4) is 0 Å². The van der Waals surface area contributed by atoms with E-state index >= 15 is 0 Å². The fourth-order valence-electron chi connectivity index (χ4n) is 1.37. The molecule has 2 N–H and O–H groups in total. The number of nitro benzene ring substituents is 1. The molecule has 1 unspecified atom stereocenters. The van der Waals surface area contributed by atoms with Gasteiger partial charge >= 0.3 is 0 Å². The molecule has 0 aliphatic carbocycles. The summed E-state index contributed by atoms with van der Waals surface area (Å²) in [6, 6.07) is 4.60. The van der Waals surface area contributed by atoms with Crippen molar-refractivity contribution in [2.75, 3.05) is 13.2 Å². The van der Waals surface area contributed by atoms with E-state index in [1.165, 1.54) is 6.07 Å². The summed E-state index contributed by atoms with van der Waals surface area (Å²) in [6.45, 7) is 2.98. The molecule has 0 saturated heterocycles. The molecule has 1 atom stereocenters. The van der Waals surface area contributed by atoms with E-state index in [-0.39, 0.29) is 18.2 Å². The minimum absolute atomic E-state index is 0.0154. The number of benzene rings is 1. The first-order valence-corrected chi connectivity index (χ1v) is 5.66. The Morgan fingerprint density at radius 1 is 1.59 bits per heavy atom. The predicted molar refractivity (Wildman–Crippen MR) is 66.1 cm³/mol. The van der Waals surface area contributed by atoms with E-state index in [0.29, 0.717) is 23.7 Å². The van der Waals surface area contributed by atoms with Crippen LogP contribution in [0.2, 0.25) is 5.02 Å². The summed E-state index contributed by atoms with van der Waals surface area (Å²) in [4.78, 5) is 10.4. The Kier molecular flexibility index (Phi) is 5.34. The standard InChI is InChI=1S/C11H15ClN2O3/c1-8(7-15)5-13-6-9-2-3-10(12)4-11(9)14(16)17/h2-4,8,13,15H,5-7H2,1H3. The largest absolute Gasteiger partial charge is 0.396 e. The Morgan fingerprint density at radius 3 is 2.88 bits per heavy atom.